The van der Waals surface area contributed by atoms with Crippen molar-refractivity contribution in [2.75, 3.05) is 6.54 Å². The van der Waals surface area contributed by atoms with E-state index in [0.29, 0.717) is 19.5 Å². The van der Waals surface area contributed by atoms with E-state index in [1.54, 1.807) is 18.0 Å². The molecule has 1 aromatic carbocycles. The summed E-state index contributed by atoms with van der Waals surface area (Å²) in [5, 5.41) is 4.28. The van der Waals surface area contributed by atoms with Crippen LogP contribution in [0, 0.1) is 5.92 Å². The maximum Gasteiger partial charge on any atom is 0.266 e. The lowest BCUT2D eigenvalue weighted by atomic mass is 9.93. The molecule has 1 aromatic heterocycles. The van der Waals surface area contributed by atoms with Gasteiger partial charge in [-0.2, -0.15) is 5.10 Å². The van der Waals surface area contributed by atoms with Crippen molar-refractivity contribution >= 4 is 5.91 Å². The van der Waals surface area contributed by atoms with E-state index in [1.807, 2.05) is 37.3 Å². The predicted molar refractivity (Wildman–Crippen MR) is 91.1 cm³/mol. The number of carbonyl (C=O) groups excluding carboxylic acids is 1. The van der Waals surface area contributed by atoms with Gasteiger partial charge < -0.3 is 10.6 Å². The van der Waals surface area contributed by atoms with Crippen LogP contribution in [0.15, 0.2) is 41.2 Å². The van der Waals surface area contributed by atoms with Crippen molar-refractivity contribution < 1.29 is 4.79 Å². The number of hydrogen-bond acceptors (Lipinski definition) is 4. The summed E-state index contributed by atoms with van der Waals surface area (Å²) in [6.07, 6.45) is 0.655. The predicted octanol–water partition coefficient (Wildman–Crippen LogP) is 1.00. The van der Waals surface area contributed by atoms with E-state index in [-0.39, 0.29) is 23.4 Å². The Morgan fingerprint density at radius 1 is 1.29 bits per heavy atom. The van der Waals surface area contributed by atoms with Gasteiger partial charge in [-0.25, -0.2) is 4.68 Å². The molecule has 0 bridgehead atoms. The van der Waals surface area contributed by atoms with Crippen LogP contribution in [0.3, 0.4) is 0 Å². The quantitative estimate of drug-likeness (QED) is 0.912. The molecule has 24 heavy (non-hydrogen) atoms. The van der Waals surface area contributed by atoms with Gasteiger partial charge in [-0.15, -0.1) is 0 Å². The first-order valence-electron chi connectivity index (χ1n) is 8.13. The van der Waals surface area contributed by atoms with Crippen molar-refractivity contribution in [2.45, 2.75) is 25.9 Å². The van der Waals surface area contributed by atoms with Crippen molar-refractivity contribution in [2.24, 2.45) is 18.7 Å². The van der Waals surface area contributed by atoms with Crippen molar-refractivity contribution in [1.29, 1.82) is 0 Å². The molecule has 3 rings (SSSR count). The van der Waals surface area contributed by atoms with Crippen LogP contribution in [-0.4, -0.2) is 27.1 Å². The fourth-order valence-electron chi connectivity index (χ4n) is 3.09. The van der Waals surface area contributed by atoms with E-state index < -0.39 is 0 Å². The molecule has 1 aliphatic rings. The highest BCUT2D eigenvalue weighted by atomic mass is 16.2. The third kappa shape index (κ3) is 3.10. The normalized spacial score (nSPS) is 16.4. The molecule has 0 saturated heterocycles. The van der Waals surface area contributed by atoms with E-state index in [2.05, 4.69) is 5.10 Å². The number of aryl methyl sites for hydroxylation is 1. The molecule has 2 N–H and O–H groups in total. The van der Waals surface area contributed by atoms with Crippen molar-refractivity contribution in [1.82, 2.24) is 14.7 Å². The summed E-state index contributed by atoms with van der Waals surface area (Å²) in [4.78, 5) is 26.4. The van der Waals surface area contributed by atoms with Gasteiger partial charge in [0.25, 0.3) is 5.56 Å². The van der Waals surface area contributed by atoms with Crippen LogP contribution < -0.4 is 11.3 Å². The number of amides is 1. The number of nitrogens with two attached hydrogens (primary N) is 1. The van der Waals surface area contributed by atoms with Crippen LogP contribution in [0.5, 0.6) is 0 Å². The van der Waals surface area contributed by atoms with Crippen molar-refractivity contribution in [3.05, 3.63) is 63.6 Å². The zero-order chi connectivity index (χ0) is 17.3. The lowest BCUT2D eigenvalue weighted by Gasteiger charge is -2.32. The second-order valence-electron chi connectivity index (χ2n) is 6.31. The molecule has 2 aromatic rings. The molecule has 6 nitrogen and oxygen atoms in total. The molecule has 0 aliphatic carbocycles. The van der Waals surface area contributed by atoms with Gasteiger partial charge >= 0.3 is 0 Å². The highest BCUT2D eigenvalue weighted by molar-refractivity contribution is 5.79. The van der Waals surface area contributed by atoms with Crippen LogP contribution in [0.2, 0.25) is 0 Å². The number of hydrogen-bond donors (Lipinski definition) is 1. The number of rotatable bonds is 3. The molecular weight excluding hydrogens is 304 g/mol. The number of fused-ring (bicyclic) bond motifs is 1. The van der Waals surface area contributed by atoms with E-state index in [4.69, 9.17) is 5.73 Å². The zero-order valence-corrected chi connectivity index (χ0v) is 14.0. The van der Waals surface area contributed by atoms with Gasteiger partial charge in [0.1, 0.15) is 0 Å². The molecule has 0 fully saturated rings. The number of aromatic nitrogens is 2. The molecule has 2 unspecified atom stereocenters. The lowest BCUT2D eigenvalue weighted by molar-refractivity contribution is -0.136. The Balaban J connectivity index is 1.76. The number of benzene rings is 1. The second kappa shape index (κ2) is 6.57. The number of carbonyl (C=O) groups is 1. The first-order valence-corrected chi connectivity index (χ1v) is 8.13. The molecule has 2 heterocycles. The van der Waals surface area contributed by atoms with E-state index in [1.165, 1.54) is 4.68 Å². The highest BCUT2D eigenvalue weighted by Gasteiger charge is 2.29. The molecule has 1 aliphatic heterocycles. The minimum atomic E-state index is -0.345. The molecule has 1 amide bonds. The van der Waals surface area contributed by atoms with Gasteiger partial charge in [0, 0.05) is 44.2 Å². The average molecular weight is 326 g/mol. The average Bonchev–Trinajstić information content (AvgIpc) is 2.61. The van der Waals surface area contributed by atoms with Crippen LogP contribution in [0.1, 0.15) is 29.8 Å². The summed E-state index contributed by atoms with van der Waals surface area (Å²) in [5.41, 5.74) is 8.79. The summed E-state index contributed by atoms with van der Waals surface area (Å²) in [5.74, 6) is -0.314. The minimum absolute atomic E-state index is 0.0117. The second-order valence-corrected chi connectivity index (χ2v) is 6.31. The molecule has 0 spiro atoms. The molecule has 6 heteroatoms. The van der Waals surface area contributed by atoms with Crippen molar-refractivity contribution in [3.8, 4) is 0 Å². The minimum Gasteiger partial charge on any atom is -0.338 e. The Bertz CT molecular complexity index is 800. The van der Waals surface area contributed by atoms with Gasteiger partial charge in [-0.05, 0) is 5.56 Å². The zero-order valence-electron chi connectivity index (χ0n) is 14.0. The molecule has 126 valence electrons. The topological polar surface area (TPSA) is 81.2 Å². The van der Waals surface area contributed by atoms with E-state index in [9.17, 15) is 9.59 Å². The first kappa shape index (κ1) is 16.4. The van der Waals surface area contributed by atoms with Gasteiger partial charge in [-0.1, -0.05) is 37.3 Å². The monoisotopic (exact) mass is 326 g/mol. The summed E-state index contributed by atoms with van der Waals surface area (Å²) in [6, 6.07) is 10.9. The Labute approximate surface area is 140 Å². The van der Waals surface area contributed by atoms with Gasteiger partial charge in [-0.3, -0.25) is 9.59 Å². The highest BCUT2D eigenvalue weighted by Crippen LogP contribution is 2.24. The van der Waals surface area contributed by atoms with Crippen LogP contribution in [-0.2, 0) is 24.8 Å². The third-order valence-electron chi connectivity index (χ3n) is 4.66. The fourth-order valence-corrected chi connectivity index (χ4v) is 3.09. The smallest absolute Gasteiger partial charge is 0.266 e. The summed E-state index contributed by atoms with van der Waals surface area (Å²) in [6.45, 7) is 2.88. The summed E-state index contributed by atoms with van der Waals surface area (Å²) >= 11 is 0. The maximum absolute atomic E-state index is 12.8. The van der Waals surface area contributed by atoms with Crippen LogP contribution in [0.4, 0.5) is 0 Å². The Morgan fingerprint density at radius 3 is 2.71 bits per heavy atom. The van der Waals surface area contributed by atoms with E-state index in [0.717, 1.165) is 16.8 Å². The van der Waals surface area contributed by atoms with Crippen LogP contribution in [0.25, 0.3) is 0 Å². The van der Waals surface area contributed by atoms with E-state index >= 15 is 0 Å². The van der Waals surface area contributed by atoms with Crippen molar-refractivity contribution in [3.63, 3.8) is 0 Å². The largest absolute Gasteiger partial charge is 0.338 e. The van der Waals surface area contributed by atoms with Gasteiger partial charge in [0.05, 0.1) is 11.6 Å². The van der Waals surface area contributed by atoms with Crippen LogP contribution >= 0.6 is 0 Å². The van der Waals surface area contributed by atoms with Gasteiger partial charge in [0.15, 0.2) is 0 Å². The standard InChI is InChI=1S/C18H22N4O2/c1-12(17(19)13-6-4-3-5-7-13)18(24)22-9-8-15-14(11-22)10-16(23)21(2)20-15/h3-7,10,12,17H,8-9,11,19H2,1-2H3. The molecule has 0 saturated carbocycles. The fraction of sp³-hybridized carbons (Fsp3) is 0.389. The Kier molecular flexibility index (Phi) is 4.49. The maximum atomic E-state index is 12.8. The third-order valence-corrected chi connectivity index (χ3v) is 4.66. The summed E-state index contributed by atoms with van der Waals surface area (Å²) in [7, 11) is 1.64. The first-order chi connectivity index (χ1) is 11.5. The SMILES string of the molecule is CC(C(=O)N1CCc2nn(C)c(=O)cc2C1)C(N)c1ccccc1. The lowest BCUT2D eigenvalue weighted by Crippen LogP contribution is -2.43. The molecule has 0 radical (unpaired) electrons. The molecular formula is C18H22N4O2. The van der Waals surface area contributed by atoms with Gasteiger partial charge in [0.2, 0.25) is 5.91 Å². The Hall–Kier alpha value is -2.47. The molecule has 2 atom stereocenters. The Morgan fingerprint density at radius 2 is 2.00 bits per heavy atom. The summed E-state index contributed by atoms with van der Waals surface area (Å²) < 4.78 is 1.34. The number of nitrogens with zero attached hydrogens (tertiary/aromatic N) is 3.